The Morgan fingerprint density at radius 2 is 1.50 bits per heavy atom. The number of aliphatic hydroxyl groups is 1. The van der Waals surface area contributed by atoms with E-state index in [1.54, 1.807) is 7.11 Å². The van der Waals surface area contributed by atoms with Gasteiger partial charge in [-0.1, -0.05) is 77.1 Å². The summed E-state index contributed by atoms with van der Waals surface area (Å²) in [5, 5.41) is 11.2. The second-order valence-corrected chi connectivity index (χ2v) is 17.3. The number of hydrogen-bond donors (Lipinski definition) is 1. The summed E-state index contributed by atoms with van der Waals surface area (Å²) in [5.74, 6) is 0.761. The number of methoxy groups -OCH3 is 1. The van der Waals surface area contributed by atoms with Crippen LogP contribution >= 0.6 is 0 Å². The fraction of sp³-hybridized carbons (Fsp3) is 0.581. The number of ether oxygens (including phenoxy) is 3. The predicted octanol–water partition coefficient (Wildman–Crippen LogP) is 6.31. The van der Waals surface area contributed by atoms with Crippen molar-refractivity contribution in [3.63, 3.8) is 0 Å². The van der Waals surface area contributed by atoms with Gasteiger partial charge in [0.1, 0.15) is 17.6 Å². The van der Waals surface area contributed by atoms with Gasteiger partial charge in [0.25, 0.3) is 0 Å². The van der Waals surface area contributed by atoms with Gasteiger partial charge in [-0.25, -0.2) is 0 Å². The van der Waals surface area contributed by atoms with Crippen molar-refractivity contribution in [3.05, 3.63) is 65.7 Å². The first-order valence-electron chi connectivity index (χ1n) is 13.5. The van der Waals surface area contributed by atoms with Crippen molar-refractivity contribution >= 4 is 14.1 Å². The lowest BCUT2D eigenvalue weighted by molar-refractivity contribution is -0.194. The molecule has 7 heteroatoms. The van der Waals surface area contributed by atoms with Gasteiger partial charge >= 0.3 is 0 Å². The Kier molecular flexibility index (Phi) is 9.98. The van der Waals surface area contributed by atoms with Crippen molar-refractivity contribution in [2.24, 2.45) is 5.41 Å². The number of Topliss-reactive ketones (excluding diaryl/α,β-unsaturated/α-hetero) is 1. The molecule has 0 amide bonds. The zero-order valence-corrected chi connectivity index (χ0v) is 25.3. The van der Waals surface area contributed by atoms with E-state index in [2.05, 4.69) is 47.7 Å². The third-order valence-electron chi connectivity index (χ3n) is 8.21. The molecule has 1 fully saturated rings. The molecule has 38 heavy (non-hydrogen) atoms. The minimum atomic E-state index is -2.21. The monoisotopic (exact) mass is 542 g/mol. The molecule has 1 aliphatic carbocycles. The smallest absolute Gasteiger partial charge is 0.192 e. The molecule has 0 heterocycles. The zero-order chi connectivity index (χ0) is 28.1. The molecule has 0 aromatic heterocycles. The van der Waals surface area contributed by atoms with Crippen LogP contribution in [0.15, 0.2) is 54.6 Å². The summed E-state index contributed by atoms with van der Waals surface area (Å²) in [6.45, 7) is 15.8. The van der Waals surface area contributed by atoms with Crippen molar-refractivity contribution in [1.82, 2.24) is 0 Å². The summed E-state index contributed by atoms with van der Waals surface area (Å²) in [5.41, 5.74) is 1.35. The van der Waals surface area contributed by atoms with Gasteiger partial charge in [0, 0.05) is 18.3 Å². The Morgan fingerprint density at radius 1 is 0.921 bits per heavy atom. The van der Waals surface area contributed by atoms with Gasteiger partial charge in [0.05, 0.1) is 38.6 Å². The van der Waals surface area contributed by atoms with E-state index in [0.29, 0.717) is 13.2 Å². The van der Waals surface area contributed by atoms with Crippen LogP contribution in [-0.4, -0.2) is 50.7 Å². The molecule has 0 saturated heterocycles. The molecule has 3 rings (SSSR count). The van der Waals surface area contributed by atoms with E-state index in [9.17, 15) is 9.90 Å². The number of rotatable bonds is 9. The lowest BCUT2D eigenvalue weighted by Gasteiger charge is -2.50. The molecule has 2 aromatic rings. The van der Waals surface area contributed by atoms with E-state index in [0.717, 1.165) is 16.9 Å². The van der Waals surface area contributed by atoms with Gasteiger partial charge in [0.2, 0.25) is 0 Å². The number of hydrogen-bond acceptors (Lipinski definition) is 6. The maximum Gasteiger partial charge on any atom is 0.192 e. The molecule has 0 bridgehead atoms. The highest BCUT2D eigenvalue weighted by atomic mass is 28.4. The van der Waals surface area contributed by atoms with Gasteiger partial charge in [0.15, 0.2) is 8.32 Å². The van der Waals surface area contributed by atoms with Gasteiger partial charge < -0.3 is 23.7 Å². The number of carbonyl (C=O) groups excluding carboxylic acids is 1. The Balaban J connectivity index is 1.96. The SMILES string of the molecule is COc1ccc(CO[C@H]2[C@@H](OCc3ccccc3)C(O)CC(=O)C[C@H](O[Si](C)(C)C(C)(C)C)C2(C)C)cc1. The van der Waals surface area contributed by atoms with Crippen LogP contribution < -0.4 is 4.74 Å². The minimum Gasteiger partial charge on any atom is -0.497 e. The van der Waals surface area contributed by atoms with Crippen LogP contribution in [-0.2, 0) is 31.9 Å². The van der Waals surface area contributed by atoms with Crippen molar-refractivity contribution in [3.8, 4) is 5.75 Å². The normalized spacial score (nSPS) is 24.5. The number of ketones is 1. The Morgan fingerprint density at radius 3 is 2.08 bits per heavy atom. The molecule has 6 nitrogen and oxygen atoms in total. The van der Waals surface area contributed by atoms with Gasteiger partial charge in [-0.3, -0.25) is 4.79 Å². The van der Waals surface area contributed by atoms with E-state index in [-0.39, 0.29) is 29.8 Å². The predicted molar refractivity (Wildman–Crippen MR) is 153 cm³/mol. The third-order valence-corrected chi connectivity index (χ3v) is 12.7. The number of aliphatic hydroxyl groups excluding tert-OH is 1. The first-order chi connectivity index (χ1) is 17.7. The maximum absolute atomic E-state index is 13.1. The summed E-state index contributed by atoms with van der Waals surface area (Å²) in [6.07, 6.45) is -2.34. The molecule has 1 aliphatic rings. The first-order valence-corrected chi connectivity index (χ1v) is 16.4. The average molecular weight is 543 g/mol. The highest BCUT2D eigenvalue weighted by Crippen LogP contribution is 2.44. The summed E-state index contributed by atoms with van der Waals surface area (Å²) in [7, 11) is -0.570. The summed E-state index contributed by atoms with van der Waals surface area (Å²) < 4.78 is 25.2. The second kappa shape index (κ2) is 12.4. The van der Waals surface area contributed by atoms with Crippen LogP contribution in [0.3, 0.4) is 0 Å². The zero-order valence-electron chi connectivity index (χ0n) is 24.3. The fourth-order valence-electron chi connectivity index (χ4n) is 4.62. The first kappa shape index (κ1) is 30.5. The van der Waals surface area contributed by atoms with Crippen molar-refractivity contribution in [2.75, 3.05) is 7.11 Å². The van der Waals surface area contributed by atoms with Crippen LogP contribution in [0.5, 0.6) is 5.75 Å². The summed E-state index contributed by atoms with van der Waals surface area (Å²) in [4.78, 5) is 13.1. The van der Waals surface area contributed by atoms with Crippen LogP contribution in [0.2, 0.25) is 18.1 Å². The molecule has 210 valence electrons. The highest BCUT2D eigenvalue weighted by Gasteiger charge is 2.51. The van der Waals surface area contributed by atoms with Crippen LogP contribution in [0.4, 0.5) is 0 Å². The highest BCUT2D eigenvalue weighted by molar-refractivity contribution is 6.74. The Hall–Kier alpha value is -2.03. The molecule has 0 radical (unpaired) electrons. The molecule has 1 unspecified atom stereocenters. The average Bonchev–Trinajstić information content (AvgIpc) is 2.85. The quantitative estimate of drug-likeness (QED) is 0.375. The standard InChI is InChI=1S/C31H46O6Si/c1-30(2,3)38(7,8)37-27-19-24(32)18-26(33)28(35-20-22-12-10-9-11-13-22)29(31(27,4)5)36-21-23-14-16-25(34-6)17-15-23/h9-17,26-29,33H,18-21H2,1-8H3/t26?,27-,28-,29-/m0/s1. The lowest BCUT2D eigenvalue weighted by atomic mass is 9.72. The van der Waals surface area contributed by atoms with Crippen molar-refractivity contribution in [1.29, 1.82) is 0 Å². The molecule has 2 aromatic carbocycles. The van der Waals surface area contributed by atoms with E-state index in [1.165, 1.54) is 0 Å². The molecule has 4 atom stereocenters. The maximum atomic E-state index is 13.1. The van der Waals surface area contributed by atoms with Crippen LogP contribution in [0.1, 0.15) is 58.6 Å². The van der Waals surface area contributed by atoms with E-state index in [4.69, 9.17) is 18.6 Å². The van der Waals surface area contributed by atoms with E-state index in [1.807, 2.05) is 54.6 Å². The summed E-state index contributed by atoms with van der Waals surface area (Å²) >= 11 is 0. The van der Waals surface area contributed by atoms with Gasteiger partial charge in [-0.15, -0.1) is 0 Å². The lowest BCUT2D eigenvalue weighted by Crippen LogP contribution is -2.59. The number of benzene rings is 2. The molecule has 0 aliphatic heterocycles. The molecule has 0 spiro atoms. The minimum absolute atomic E-state index is 0.00922. The fourth-order valence-corrected chi connectivity index (χ4v) is 6.07. The second-order valence-electron chi connectivity index (χ2n) is 12.5. The van der Waals surface area contributed by atoms with Gasteiger partial charge in [-0.2, -0.15) is 0 Å². The third kappa shape index (κ3) is 7.54. The van der Waals surface area contributed by atoms with Crippen molar-refractivity contribution < 1.29 is 28.5 Å². The van der Waals surface area contributed by atoms with Crippen LogP contribution in [0.25, 0.3) is 0 Å². The van der Waals surface area contributed by atoms with Gasteiger partial charge in [-0.05, 0) is 41.4 Å². The Labute approximate surface area is 229 Å². The summed E-state index contributed by atoms with van der Waals surface area (Å²) in [6, 6.07) is 17.6. The molecule has 1 saturated carbocycles. The number of carbonyl (C=O) groups is 1. The Bertz CT molecular complexity index is 1030. The van der Waals surface area contributed by atoms with E-state index >= 15 is 0 Å². The molecular formula is C31H46O6Si. The topological polar surface area (TPSA) is 74.2 Å². The molecular weight excluding hydrogens is 496 g/mol. The largest absolute Gasteiger partial charge is 0.497 e. The van der Waals surface area contributed by atoms with Crippen molar-refractivity contribution in [2.45, 2.75) is 103 Å². The molecule has 1 N–H and O–H groups in total. The van der Waals surface area contributed by atoms with E-state index < -0.39 is 32.0 Å². The van der Waals surface area contributed by atoms with Crippen LogP contribution in [0, 0.1) is 5.41 Å².